The predicted molar refractivity (Wildman–Crippen MR) is 65.5 cm³/mol. The minimum atomic E-state index is -0.494. The molecule has 0 saturated carbocycles. The summed E-state index contributed by atoms with van der Waals surface area (Å²) < 4.78 is 1.07. The average molecular weight is 287 g/mol. The van der Waals surface area contributed by atoms with Crippen LogP contribution in [0.1, 0.15) is 11.1 Å². The highest BCUT2D eigenvalue weighted by molar-refractivity contribution is 9.10. The number of carbonyl (C=O) groups excluding carboxylic acids is 1. The first kappa shape index (κ1) is 13.0. The second-order valence-electron chi connectivity index (χ2n) is 3.67. The van der Waals surface area contributed by atoms with Gasteiger partial charge in [0.25, 0.3) is 0 Å². The number of nitrogens with zero attached hydrogens (tertiary/aromatic N) is 1. The summed E-state index contributed by atoms with van der Waals surface area (Å²) in [6.07, 6.45) is 0.753. The first-order valence-electron chi connectivity index (χ1n) is 4.95. The van der Waals surface area contributed by atoms with Crippen LogP contribution in [0.3, 0.4) is 0 Å². The second-order valence-corrected chi connectivity index (χ2v) is 4.53. The molecule has 0 aliphatic rings. The Kier molecular flexibility index (Phi) is 4.76. The van der Waals surface area contributed by atoms with Crippen molar-refractivity contribution in [3.05, 3.63) is 33.8 Å². The Morgan fingerprint density at radius 3 is 2.81 bits per heavy atom. The van der Waals surface area contributed by atoms with E-state index in [-0.39, 0.29) is 0 Å². The summed E-state index contributed by atoms with van der Waals surface area (Å²) in [5.41, 5.74) is 3.93. The molecule has 1 aromatic carbocycles. The zero-order chi connectivity index (χ0) is 12.1. The molecular formula is C11H15BrN2O2. The molecule has 2 amide bonds. The molecule has 0 heterocycles. The van der Waals surface area contributed by atoms with E-state index in [9.17, 15) is 4.79 Å². The van der Waals surface area contributed by atoms with E-state index in [1.54, 1.807) is 12.5 Å². The minimum absolute atomic E-state index is 0.494. The minimum Gasteiger partial charge on any atom is -0.326 e. The number of benzene rings is 1. The fourth-order valence-electron chi connectivity index (χ4n) is 1.28. The monoisotopic (exact) mass is 286 g/mol. The third kappa shape index (κ3) is 3.50. The van der Waals surface area contributed by atoms with Crippen LogP contribution < -0.4 is 5.48 Å². The molecule has 0 fully saturated rings. The highest BCUT2D eigenvalue weighted by atomic mass is 79.9. The first-order valence-corrected chi connectivity index (χ1v) is 5.74. The molecule has 0 saturated heterocycles. The number of aryl methyl sites for hydroxylation is 1. The van der Waals surface area contributed by atoms with E-state index in [0.717, 1.165) is 16.5 Å². The van der Waals surface area contributed by atoms with Gasteiger partial charge in [0.2, 0.25) is 0 Å². The summed E-state index contributed by atoms with van der Waals surface area (Å²) in [4.78, 5) is 12.4. The zero-order valence-corrected chi connectivity index (χ0v) is 10.9. The summed E-state index contributed by atoms with van der Waals surface area (Å²) in [6, 6.07) is 5.61. The lowest BCUT2D eigenvalue weighted by molar-refractivity contribution is 0.136. The third-order valence-electron chi connectivity index (χ3n) is 2.41. The van der Waals surface area contributed by atoms with Gasteiger partial charge in [-0.05, 0) is 30.5 Å². The van der Waals surface area contributed by atoms with Crippen LogP contribution in [-0.4, -0.2) is 29.7 Å². The molecule has 2 N–H and O–H groups in total. The van der Waals surface area contributed by atoms with Gasteiger partial charge in [-0.2, -0.15) is 0 Å². The Morgan fingerprint density at radius 1 is 1.56 bits per heavy atom. The Balaban J connectivity index is 2.55. The highest BCUT2D eigenvalue weighted by Crippen LogP contribution is 2.17. The lowest BCUT2D eigenvalue weighted by Crippen LogP contribution is -2.36. The smallest absolute Gasteiger partial charge is 0.326 e. The fraction of sp³-hybridized carbons (Fsp3) is 0.364. The molecule has 4 nitrogen and oxygen atoms in total. The Hall–Kier alpha value is -1.07. The molecule has 0 aromatic heterocycles. The van der Waals surface area contributed by atoms with Gasteiger partial charge in [0.05, 0.1) is 0 Å². The van der Waals surface area contributed by atoms with Crippen LogP contribution in [0.2, 0.25) is 0 Å². The van der Waals surface area contributed by atoms with Crippen molar-refractivity contribution in [3.8, 4) is 0 Å². The molecule has 0 unspecified atom stereocenters. The van der Waals surface area contributed by atoms with Crippen LogP contribution >= 0.6 is 15.9 Å². The molecule has 0 bridgehead atoms. The standard InChI is InChI=1S/C11H15BrN2O2/c1-8-3-4-9(7-10(8)12)5-6-14(2)11(15)13-16/h3-4,7,16H,5-6H2,1-2H3,(H,13,15). The summed E-state index contributed by atoms with van der Waals surface area (Å²) in [7, 11) is 1.63. The number of halogens is 1. The van der Waals surface area contributed by atoms with E-state index < -0.39 is 6.03 Å². The molecule has 0 spiro atoms. The van der Waals surface area contributed by atoms with E-state index in [2.05, 4.69) is 15.9 Å². The Labute approximate surface area is 103 Å². The fourth-order valence-corrected chi connectivity index (χ4v) is 1.70. The number of amides is 2. The van der Waals surface area contributed by atoms with Gasteiger partial charge in [-0.15, -0.1) is 0 Å². The maximum absolute atomic E-state index is 11.0. The van der Waals surface area contributed by atoms with E-state index >= 15 is 0 Å². The van der Waals surface area contributed by atoms with Crippen LogP contribution in [-0.2, 0) is 6.42 Å². The van der Waals surface area contributed by atoms with Gasteiger partial charge >= 0.3 is 6.03 Å². The maximum atomic E-state index is 11.0. The van der Waals surface area contributed by atoms with Gasteiger partial charge in [-0.25, -0.2) is 10.3 Å². The molecule has 0 radical (unpaired) electrons. The molecule has 0 aliphatic heterocycles. The van der Waals surface area contributed by atoms with Crippen LogP contribution in [0.15, 0.2) is 22.7 Å². The lowest BCUT2D eigenvalue weighted by Gasteiger charge is -2.15. The van der Waals surface area contributed by atoms with Gasteiger partial charge in [0.15, 0.2) is 0 Å². The molecule has 5 heteroatoms. The summed E-state index contributed by atoms with van der Waals surface area (Å²) >= 11 is 3.46. The van der Waals surface area contributed by atoms with E-state index in [1.807, 2.05) is 25.1 Å². The highest BCUT2D eigenvalue weighted by Gasteiger charge is 2.06. The van der Waals surface area contributed by atoms with Gasteiger partial charge in [0.1, 0.15) is 0 Å². The lowest BCUT2D eigenvalue weighted by atomic mass is 10.1. The Morgan fingerprint density at radius 2 is 2.25 bits per heavy atom. The van der Waals surface area contributed by atoms with E-state index in [1.165, 1.54) is 10.5 Å². The van der Waals surface area contributed by atoms with Crippen molar-refractivity contribution in [1.29, 1.82) is 0 Å². The molecule has 0 atom stereocenters. The van der Waals surface area contributed by atoms with Crippen molar-refractivity contribution in [2.75, 3.05) is 13.6 Å². The molecule has 1 rings (SSSR count). The number of carbonyl (C=O) groups is 1. The van der Waals surface area contributed by atoms with Crippen molar-refractivity contribution >= 4 is 22.0 Å². The summed E-state index contributed by atoms with van der Waals surface area (Å²) in [6.45, 7) is 2.58. The molecule has 88 valence electrons. The van der Waals surface area contributed by atoms with Gasteiger partial charge < -0.3 is 4.90 Å². The van der Waals surface area contributed by atoms with Crippen LogP contribution in [0.25, 0.3) is 0 Å². The summed E-state index contributed by atoms with van der Waals surface area (Å²) in [5, 5.41) is 8.43. The predicted octanol–water partition coefficient (Wildman–Crippen LogP) is 2.33. The van der Waals surface area contributed by atoms with Crippen molar-refractivity contribution < 1.29 is 10.0 Å². The largest absolute Gasteiger partial charge is 0.340 e. The zero-order valence-electron chi connectivity index (χ0n) is 9.33. The topological polar surface area (TPSA) is 52.6 Å². The number of urea groups is 1. The van der Waals surface area contributed by atoms with Crippen molar-refractivity contribution in [3.63, 3.8) is 0 Å². The van der Waals surface area contributed by atoms with Crippen molar-refractivity contribution in [1.82, 2.24) is 10.4 Å². The SMILES string of the molecule is Cc1ccc(CCN(C)C(=O)NO)cc1Br. The van der Waals surface area contributed by atoms with E-state index in [0.29, 0.717) is 6.54 Å². The van der Waals surface area contributed by atoms with Crippen LogP contribution in [0.4, 0.5) is 4.79 Å². The number of hydrogen-bond acceptors (Lipinski definition) is 2. The first-order chi connectivity index (χ1) is 7.54. The third-order valence-corrected chi connectivity index (χ3v) is 3.27. The van der Waals surface area contributed by atoms with Gasteiger partial charge in [-0.3, -0.25) is 5.21 Å². The van der Waals surface area contributed by atoms with Crippen molar-refractivity contribution in [2.24, 2.45) is 0 Å². The quantitative estimate of drug-likeness (QED) is 0.662. The number of rotatable bonds is 3. The second kappa shape index (κ2) is 5.86. The van der Waals surface area contributed by atoms with E-state index in [4.69, 9.17) is 5.21 Å². The number of hydroxylamine groups is 1. The van der Waals surface area contributed by atoms with Crippen molar-refractivity contribution in [2.45, 2.75) is 13.3 Å². The van der Waals surface area contributed by atoms with Gasteiger partial charge in [-0.1, -0.05) is 28.1 Å². The van der Waals surface area contributed by atoms with Crippen LogP contribution in [0.5, 0.6) is 0 Å². The molecule has 16 heavy (non-hydrogen) atoms. The molecular weight excluding hydrogens is 272 g/mol. The van der Waals surface area contributed by atoms with Gasteiger partial charge in [0, 0.05) is 18.1 Å². The average Bonchev–Trinajstić information content (AvgIpc) is 2.29. The molecule has 0 aliphatic carbocycles. The normalized spacial score (nSPS) is 10.0. The maximum Gasteiger partial charge on any atom is 0.340 e. The molecule has 1 aromatic rings. The number of hydrogen-bond donors (Lipinski definition) is 2. The Bertz CT molecular complexity index is 382. The number of likely N-dealkylation sites (N-methyl/N-ethyl adjacent to an activating group) is 1. The van der Waals surface area contributed by atoms with Crippen LogP contribution in [0, 0.1) is 6.92 Å². The number of nitrogens with one attached hydrogen (secondary N) is 1. The summed E-state index contributed by atoms with van der Waals surface area (Å²) in [5.74, 6) is 0.